The predicted octanol–water partition coefficient (Wildman–Crippen LogP) is 2.46. The van der Waals surface area contributed by atoms with Gasteiger partial charge in [0.15, 0.2) is 5.69 Å². The number of aromatic nitrogens is 2. The second-order valence-electron chi connectivity index (χ2n) is 4.99. The summed E-state index contributed by atoms with van der Waals surface area (Å²) in [5.41, 5.74) is -0.601. The molecule has 2 rings (SSSR count). The van der Waals surface area contributed by atoms with Gasteiger partial charge >= 0.3 is 6.18 Å². The summed E-state index contributed by atoms with van der Waals surface area (Å²) in [4.78, 5) is 24.1. The van der Waals surface area contributed by atoms with Gasteiger partial charge in [-0.05, 0) is 18.2 Å². The van der Waals surface area contributed by atoms with Crippen molar-refractivity contribution in [1.82, 2.24) is 15.1 Å². The first-order valence-electron chi connectivity index (χ1n) is 7.20. The molecule has 0 spiro atoms. The van der Waals surface area contributed by atoms with Crippen molar-refractivity contribution in [1.29, 1.82) is 0 Å². The Morgan fingerprint density at radius 2 is 1.96 bits per heavy atom. The number of alkyl halides is 3. The van der Waals surface area contributed by atoms with Gasteiger partial charge < -0.3 is 10.6 Å². The van der Waals surface area contributed by atoms with E-state index in [0.717, 1.165) is 16.9 Å². The Bertz CT molecular complexity index is 784. The molecular formula is C16H15F3N4O2. The van der Waals surface area contributed by atoms with Crippen LogP contribution in [-0.4, -0.2) is 28.1 Å². The lowest BCUT2D eigenvalue weighted by molar-refractivity contribution is -0.141. The molecule has 2 aromatic rings. The number of nitrogens with zero attached hydrogens (tertiary/aromatic N) is 2. The van der Waals surface area contributed by atoms with Gasteiger partial charge in [0.05, 0.1) is 11.3 Å². The van der Waals surface area contributed by atoms with Crippen LogP contribution in [0.4, 0.5) is 18.9 Å². The highest BCUT2D eigenvalue weighted by molar-refractivity contribution is 6.03. The first-order chi connectivity index (χ1) is 11.8. The van der Waals surface area contributed by atoms with Gasteiger partial charge in [-0.3, -0.25) is 14.3 Å². The van der Waals surface area contributed by atoms with Crippen LogP contribution < -0.4 is 10.6 Å². The number of halogens is 3. The van der Waals surface area contributed by atoms with Gasteiger partial charge in [0.25, 0.3) is 5.91 Å². The molecule has 2 N–H and O–H groups in total. The van der Waals surface area contributed by atoms with Crippen LogP contribution in [0.2, 0.25) is 0 Å². The molecule has 0 saturated heterocycles. The number of anilines is 1. The van der Waals surface area contributed by atoms with Crippen LogP contribution in [-0.2, 0) is 17.5 Å². The zero-order chi connectivity index (χ0) is 18.4. The van der Waals surface area contributed by atoms with E-state index in [-0.39, 0.29) is 17.8 Å². The van der Waals surface area contributed by atoms with E-state index in [1.807, 2.05) is 0 Å². The summed E-state index contributed by atoms with van der Waals surface area (Å²) in [6.07, 6.45) is -2.00. The number of carbonyl (C=O) groups is 2. The van der Waals surface area contributed by atoms with E-state index >= 15 is 0 Å². The van der Waals surface area contributed by atoms with E-state index in [0.29, 0.717) is 0 Å². The first kappa shape index (κ1) is 18.2. The standard InChI is InChI=1S/C16H15F3N4O2/c1-2-8-20-15(25)11-5-3-4-6-12(11)21-14(24)10-23-9-7-13(22-23)16(17,18)19/h2-7,9H,1,8,10H2,(H,20,25)(H,21,24). The summed E-state index contributed by atoms with van der Waals surface area (Å²) < 4.78 is 38.4. The van der Waals surface area contributed by atoms with Crippen molar-refractivity contribution in [2.24, 2.45) is 0 Å². The Kier molecular flexibility index (Phi) is 5.58. The van der Waals surface area contributed by atoms with Gasteiger partial charge in [0.1, 0.15) is 6.54 Å². The van der Waals surface area contributed by atoms with E-state index in [1.54, 1.807) is 12.1 Å². The fourth-order valence-electron chi connectivity index (χ4n) is 1.99. The van der Waals surface area contributed by atoms with Crippen molar-refractivity contribution in [3.63, 3.8) is 0 Å². The number of benzene rings is 1. The molecular weight excluding hydrogens is 337 g/mol. The second-order valence-corrected chi connectivity index (χ2v) is 4.99. The van der Waals surface area contributed by atoms with Gasteiger partial charge in [0, 0.05) is 12.7 Å². The highest BCUT2D eigenvalue weighted by Crippen LogP contribution is 2.27. The van der Waals surface area contributed by atoms with Crippen molar-refractivity contribution in [2.75, 3.05) is 11.9 Å². The molecule has 0 bridgehead atoms. The maximum absolute atomic E-state index is 12.5. The summed E-state index contributed by atoms with van der Waals surface area (Å²) in [6.45, 7) is 3.33. The van der Waals surface area contributed by atoms with Crippen LogP contribution in [0.3, 0.4) is 0 Å². The van der Waals surface area contributed by atoms with Gasteiger partial charge in [-0.1, -0.05) is 18.2 Å². The molecule has 0 aliphatic carbocycles. The molecule has 1 aromatic heterocycles. The average Bonchev–Trinajstić information content (AvgIpc) is 3.01. The van der Waals surface area contributed by atoms with Crippen LogP contribution in [0.1, 0.15) is 16.1 Å². The Morgan fingerprint density at radius 3 is 2.60 bits per heavy atom. The molecule has 25 heavy (non-hydrogen) atoms. The molecule has 0 saturated carbocycles. The van der Waals surface area contributed by atoms with Crippen LogP contribution >= 0.6 is 0 Å². The smallest absolute Gasteiger partial charge is 0.349 e. The number of para-hydroxylation sites is 1. The molecule has 0 atom stereocenters. The zero-order valence-electron chi connectivity index (χ0n) is 13.0. The number of rotatable bonds is 6. The molecule has 0 unspecified atom stereocenters. The normalized spacial score (nSPS) is 11.0. The Labute approximate surface area is 141 Å². The quantitative estimate of drug-likeness (QED) is 0.784. The average molecular weight is 352 g/mol. The summed E-state index contributed by atoms with van der Waals surface area (Å²) in [6, 6.07) is 7.07. The Morgan fingerprint density at radius 1 is 1.24 bits per heavy atom. The van der Waals surface area contributed by atoms with E-state index in [9.17, 15) is 22.8 Å². The van der Waals surface area contributed by atoms with E-state index < -0.39 is 30.2 Å². The van der Waals surface area contributed by atoms with Crippen molar-refractivity contribution in [3.8, 4) is 0 Å². The van der Waals surface area contributed by atoms with Crippen LogP contribution in [0, 0.1) is 0 Å². The van der Waals surface area contributed by atoms with E-state index in [4.69, 9.17) is 0 Å². The number of hydrogen-bond donors (Lipinski definition) is 2. The third-order valence-electron chi connectivity index (χ3n) is 3.09. The van der Waals surface area contributed by atoms with Gasteiger partial charge in [0.2, 0.25) is 5.91 Å². The summed E-state index contributed by atoms with van der Waals surface area (Å²) in [5.74, 6) is -1.02. The summed E-state index contributed by atoms with van der Waals surface area (Å²) in [7, 11) is 0. The van der Waals surface area contributed by atoms with Gasteiger partial charge in [-0.15, -0.1) is 6.58 Å². The lowest BCUT2D eigenvalue weighted by Gasteiger charge is -2.11. The molecule has 2 amide bonds. The molecule has 9 heteroatoms. The Balaban J connectivity index is 2.07. The largest absolute Gasteiger partial charge is 0.435 e. The van der Waals surface area contributed by atoms with Crippen LogP contribution in [0.15, 0.2) is 49.2 Å². The third kappa shape index (κ3) is 4.93. The minimum Gasteiger partial charge on any atom is -0.349 e. The topological polar surface area (TPSA) is 76.0 Å². The van der Waals surface area contributed by atoms with Crippen LogP contribution in [0.25, 0.3) is 0 Å². The van der Waals surface area contributed by atoms with Crippen molar-refractivity contribution in [3.05, 3.63) is 60.4 Å². The van der Waals surface area contributed by atoms with E-state index in [1.165, 1.54) is 18.2 Å². The number of hydrogen-bond acceptors (Lipinski definition) is 3. The monoisotopic (exact) mass is 352 g/mol. The van der Waals surface area contributed by atoms with Gasteiger partial charge in [-0.25, -0.2) is 0 Å². The molecule has 1 heterocycles. The lowest BCUT2D eigenvalue weighted by atomic mass is 10.1. The molecule has 0 fully saturated rings. The van der Waals surface area contributed by atoms with Crippen molar-refractivity contribution < 1.29 is 22.8 Å². The minimum atomic E-state index is -4.57. The highest BCUT2D eigenvalue weighted by atomic mass is 19.4. The molecule has 6 nitrogen and oxygen atoms in total. The minimum absolute atomic E-state index is 0.231. The molecule has 0 aliphatic heterocycles. The van der Waals surface area contributed by atoms with Crippen molar-refractivity contribution in [2.45, 2.75) is 12.7 Å². The fraction of sp³-hybridized carbons (Fsp3) is 0.188. The number of carbonyl (C=O) groups excluding carboxylic acids is 2. The summed E-state index contributed by atoms with van der Waals surface area (Å²) >= 11 is 0. The van der Waals surface area contributed by atoms with Crippen LogP contribution in [0.5, 0.6) is 0 Å². The molecule has 0 aliphatic rings. The SMILES string of the molecule is C=CCNC(=O)c1ccccc1NC(=O)Cn1ccc(C(F)(F)F)n1. The maximum Gasteiger partial charge on any atom is 0.435 e. The zero-order valence-corrected chi connectivity index (χ0v) is 13.0. The maximum atomic E-state index is 12.5. The highest BCUT2D eigenvalue weighted by Gasteiger charge is 2.33. The first-order valence-corrected chi connectivity index (χ1v) is 7.20. The fourth-order valence-corrected chi connectivity index (χ4v) is 1.99. The Hall–Kier alpha value is -3.10. The third-order valence-corrected chi connectivity index (χ3v) is 3.09. The van der Waals surface area contributed by atoms with Gasteiger partial charge in [-0.2, -0.15) is 18.3 Å². The number of nitrogens with one attached hydrogen (secondary N) is 2. The number of amides is 2. The molecule has 0 radical (unpaired) electrons. The predicted molar refractivity (Wildman–Crippen MR) is 84.8 cm³/mol. The van der Waals surface area contributed by atoms with Crippen molar-refractivity contribution >= 4 is 17.5 Å². The second kappa shape index (κ2) is 7.65. The summed E-state index contributed by atoms with van der Waals surface area (Å²) in [5, 5.41) is 8.38. The lowest BCUT2D eigenvalue weighted by Crippen LogP contribution is -2.26. The molecule has 1 aromatic carbocycles. The van der Waals surface area contributed by atoms with E-state index in [2.05, 4.69) is 22.3 Å². The molecule has 132 valence electrons.